The fourth-order valence-electron chi connectivity index (χ4n) is 1.60. The summed E-state index contributed by atoms with van der Waals surface area (Å²) in [6.45, 7) is 3.73. The van der Waals surface area contributed by atoms with E-state index in [0.717, 1.165) is 17.1 Å². The van der Waals surface area contributed by atoms with Crippen LogP contribution in [0.15, 0.2) is 10.5 Å². The largest absolute Gasteiger partial charge is 0.466 e. The van der Waals surface area contributed by atoms with E-state index in [-0.39, 0.29) is 5.78 Å². The number of carbonyl (C=O) groups is 1. The standard InChI is InChI=1S/C11H14O2/c1-7-5-10(8(2)13-7)11(12)6-9-3-4-9/h5,9H,3-4,6H2,1-2H3. The molecule has 1 saturated carbocycles. The molecule has 1 aliphatic rings. The first-order chi connectivity index (χ1) is 6.16. The summed E-state index contributed by atoms with van der Waals surface area (Å²) in [5.41, 5.74) is 0.782. The van der Waals surface area contributed by atoms with Crippen molar-refractivity contribution in [3.8, 4) is 0 Å². The van der Waals surface area contributed by atoms with Crippen LogP contribution in [0, 0.1) is 19.8 Å². The van der Waals surface area contributed by atoms with Crippen molar-refractivity contribution >= 4 is 5.78 Å². The molecule has 0 aromatic carbocycles. The Hall–Kier alpha value is -1.05. The lowest BCUT2D eigenvalue weighted by molar-refractivity contribution is 0.0974. The van der Waals surface area contributed by atoms with E-state index in [9.17, 15) is 4.79 Å². The van der Waals surface area contributed by atoms with Crippen molar-refractivity contribution in [1.82, 2.24) is 0 Å². The Morgan fingerprint density at radius 1 is 1.54 bits per heavy atom. The zero-order valence-corrected chi connectivity index (χ0v) is 8.09. The number of hydrogen-bond donors (Lipinski definition) is 0. The van der Waals surface area contributed by atoms with Crippen LogP contribution in [0.2, 0.25) is 0 Å². The molecule has 0 saturated heterocycles. The zero-order chi connectivity index (χ0) is 9.42. The van der Waals surface area contributed by atoms with Gasteiger partial charge < -0.3 is 4.42 Å². The van der Waals surface area contributed by atoms with E-state index in [4.69, 9.17) is 4.42 Å². The third kappa shape index (κ3) is 1.82. The molecule has 0 spiro atoms. The Morgan fingerprint density at radius 2 is 2.23 bits per heavy atom. The van der Waals surface area contributed by atoms with E-state index < -0.39 is 0 Å². The number of ketones is 1. The van der Waals surface area contributed by atoms with Gasteiger partial charge in [-0.2, -0.15) is 0 Å². The van der Waals surface area contributed by atoms with Gasteiger partial charge in [0.15, 0.2) is 5.78 Å². The molecule has 1 aromatic heterocycles. The van der Waals surface area contributed by atoms with Crippen molar-refractivity contribution < 1.29 is 9.21 Å². The molecule has 1 fully saturated rings. The zero-order valence-electron chi connectivity index (χ0n) is 8.09. The molecule has 1 heterocycles. The first kappa shape index (κ1) is 8.54. The minimum Gasteiger partial charge on any atom is -0.466 e. The fraction of sp³-hybridized carbons (Fsp3) is 0.545. The van der Waals surface area contributed by atoms with Crippen LogP contribution in [-0.2, 0) is 0 Å². The topological polar surface area (TPSA) is 30.2 Å². The lowest BCUT2D eigenvalue weighted by atomic mass is 10.1. The summed E-state index contributed by atoms with van der Waals surface area (Å²) in [5, 5.41) is 0. The Bertz CT molecular complexity index is 332. The summed E-state index contributed by atoms with van der Waals surface area (Å²) >= 11 is 0. The highest BCUT2D eigenvalue weighted by Crippen LogP contribution is 2.34. The van der Waals surface area contributed by atoms with Crippen LogP contribution in [0.1, 0.15) is 41.1 Å². The molecule has 1 aliphatic carbocycles. The maximum atomic E-state index is 11.7. The minimum absolute atomic E-state index is 0.247. The summed E-state index contributed by atoms with van der Waals surface area (Å²) < 4.78 is 5.32. The van der Waals surface area contributed by atoms with Crippen molar-refractivity contribution in [2.45, 2.75) is 33.1 Å². The van der Waals surface area contributed by atoms with E-state index in [2.05, 4.69) is 0 Å². The van der Waals surface area contributed by atoms with E-state index in [1.165, 1.54) is 12.8 Å². The molecule has 0 bridgehead atoms. The second-order valence-electron chi connectivity index (χ2n) is 3.90. The smallest absolute Gasteiger partial charge is 0.166 e. The first-order valence-electron chi connectivity index (χ1n) is 4.77. The minimum atomic E-state index is 0.247. The number of carbonyl (C=O) groups excluding carboxylic acids is 1. The van der Waals surface area contributed by atoms with Crippen LogP contribution in [0.3, 0.4) is 0 Å². The van der Waals surface area contributed by atoms with E-state index in [1.54, 1.807) is 0 Å². The third-order valence-corrected chi connectivity index (χ3v) is 2.51. The number of furan rings is 1. The van der Waals surface area contributed by atoms with Crippen LogP contribution < -0.4 is 0 Å². The average molecular weight is 178 g/mol. The van der Waals surface area contributed by atoms with Crippen molar-refractivity contribution in [1.29, 1.82) is 0 Å². The van der Waals surface area contributed by atoms with Gasteiger partial charge in [-0.3, -0.25) is 4.79 Å². The second kappa shape index (κ2) is 3.02. The summed E-state index contributed by atoms with van der Waals surface area (Å²) in [5.74, 6) is 2.50. The lowest BCUT2D eigenvalue weighted by Crippen LogP contribution is -1.99. The number of rotatable bonds is 3. The SMILES string of the molecule is Cc1cc(C(=O)CC2CC2)c(C)o1. The van der Waals surface area contributed by atoms with Gasteiger partial charge in [0, 0.05) is 6.42 Å². The van der Waals surface area contributed by atoms with Crippen LogP contribution in [0.4, 0.5) is 0 Å². The number of Topliss-reactive ketones (excluding diaryl/α,β-unsaturated/α-hetero) is 1. The summed E-state index contributed by atoms with van der Waals surface area (Å²) in [7, 11) is 0. The molecular weight excluding hydrogens is 164 g/mol. The third-order valence-electron chi connectivity index (χ3n) is 2.51. The predicted molar refractivity (Wildman–Crippen MR) is 49.9 cm³/mol. The molecule has 2 rings (SSSR count). The molecule has 1 aromatic rings. The van der Waals surface area contributed by atoms with Gasteiger partial charge in [-0.15, -0.1) is 0 Å². The quantitative estimate of drug-likeness (QED) is 0.666. The Balaban J connectivity index is 2.13. The van der Waals surface area contributed by atoms with Crippen LogP contribution >= 0.6 is 0 Å². The molecule has 0 unspecified atom stereocenters. The van der Waals surface area contributed by atoms with Gasteiger partial charge in [-0.05, 0) is 38.7 Å². The summed E-state index contributed by atoms with van der Waals surface area (Å²) in [4.78, 5) is 11.7. The van der Waals surface area contributed by atoms with Gasteiger partial charge >= 0.3 is 0 Å². The first-order valence-corrected chi connectivity index (χ1v) is 4.77. The Morgan fingerprint density at radius 3 is 2.69 bits per heavy atom. The van der Waals surface area contributed by atoms with E-state index in [0.29, 0.717) is 12.3 Å². The molecule has 2 heteroatoms. The maximum absolute atomic E-state index is 11.7. The second-order valence-corrected chi connectivity index (χ2v) is 3.90. The van der Waals surface area contributed by atoms with Gasteiger partial charge in [0.1, 0.15) is 11.5 Å². The normalized spacial score (nSPS) is 16.2. The van der Waals surface area contributed by atoms with Crippen molar-refractivity contribution in [3.63, 3.8) is 0 Å². The van der Waals surface area contributed by atoms with E-state index >= 15 is 0 Å². The maximum Gasteiger partial charge on any atom is 0.166 e. The van der Waals surface area contributed by atoms with E-state index in [1.807, 2.05) is 19.9 Å². The number of aryl methyl sites for hydroxylation is 2. The lowest BCUT2D eigenvalue weighted by Gasteiger charge is -1.95. The monoisotopic (exact) mass is 178 g/mol. The van der Waals surface area contributed by atoms with Gasteiger partial charge in [-0.25, -0.2) is 0 Å². The molecule has 0 N–H and O–H groups in total. The fourth-order valence-corrected chi connectivity index (χ4v) is 1.60. The van der Waals surface area contributed by atoms with Gasteiger partial charge in [-0.1, -0.05) is 0 Å². The molecule has 0 amide bonds. The molecule has 2 nitrogen and oxygen atoms in total. The van der Waals surface area contributed by atoms with Crippen LogP contribution in [0.25, 0.3) is 0 Å². The Labute approximate surface area is 77.9 Å². The van der Waals surface area contributed by atoms with Crippen molar-refractivity contribution in [2.75, 3.05) is 0 Å². The summed E-state index contributed by atoms with van der Waals surface area (Å²) in [6.07, 6.45) is 3.16. The Kier molecular flexibility index (Phi) is 1.98. The average Bonchev–Trinajstić information content (AvgIpc) is 2.77. The summed E-state index contributed by atoms with van der Waals surface area (Å²) in [6, 6.07) is 1.85. The van der Waals surface area contributed by atoms with Crippen molar-refractivity contribution in [3.05, 3.63) is 23.2 Å². The number of hydrogen-bond acceptors (Lipinski definition) is 2. The predicted octanol–water partition coefficient (Wildman–Crippen LogP) is 2.88. The highest BCUT2D eigenvalue weighted by atomic mass is 16.3. The van der Waals surface area contributed by atoms with Crippen LogP contribution in [0.5, 0.6) is 0 Å². The highest BCUT2D eigenvalue weighted by Gasteiger charge is 2.26. The van der Waals surface area contributed by atoms with Gasteiger partial charge in [0.2, 0.25) is 0 Å². The van der Waals surface area contributed by atoms with Crippen LogP contribution in [-0.4, -0.2) is 5.78 Å². The highest BCUT2D eigenvalue weighted by molar-refractivity contribution is 5.97. The van der Waals surface area contributed by atoms with Gasteiger partial charge in [0.25, 0.3) is 0 Å². The molecule has 0 atom stereocenters. The molecular formula is C11H14O2. The molecule has 70 valence electrons. The molecule has 0 radical (unpaired) electrons. The van der Waals surface area contributed by atoms with Gasteiger partial charge in [0.05, 0.1) is 5.56 Å². The molecule has 0 aliphatic heterocycles. The molecule has 13 heavy (non-hydrogen) atoms. The van der Waals surface area contributed by atoms with Crippen molar-refractivity contribution in [2.24, 2.45) is 5.92 Å².